The molecule has 4 N–H and O–H groups in total. The Labute approximate surface area is 199 Å². The first kappa shape index (κ1) is 23.7. The lowest BCUT2D eigenvalue weighted by molar-refractivity contribution is -0.131. The molecule has 0 bridgehead atoms. The number of carbonyl (C=O) groups excluding carboxylic acids is 1. The molecule has 2 aliphatic rings. The quantitative estimate of drug-likeness (QED) is 0.563. The van der Waals surface area contributed by atoms with Crippen LogP contribution in [0.5, 0.6) is 0 Å². The molecule has 1 amide bonds. The number of nitrogens with zero attached hydrogens (tertiary/aromatic N) is 1. The van der Waals surface area contributed by atoms with Crippen molar-refractivity contribution in [3.63, 3.8) is 0 Å². The van der Waals surface area contributed by atoms with Crippen LogP contribution >= 0.6 is 23.5 Å². The maximum atomic E-state index is 13.4. The monoisotopic (exact) mass is 470 g/mol. The van der Waals surface area contributed by atoms with Crippen molar-refractivity contribution in [3.8, 4) is 0 Å². The summed E-state index contributed by atoms with van der Waals surface area (Å²) in [6, 6.07) is 16.0. The van der Waals surface area contributed by atoms with Gasteiger partial charge in [0.15, 0.2) is 0 Å². The van der Waals surface area contributed by atoms with Crippen LogP contribution in [-0.2, 0) is 11.3 Å². The standard InChI is InChI=1S/C24H31BN2O3S2/c1-31-24-21(19-6-3-7-20(13-19)25(29)30)14-22(32-24)23(28)27-10-8-17(9-11-27)18-5-2-4-16(12-18)15-26/h2-7,12-13,17,21-22,24,29-30H,8-11,14-15,26H2,1H3. The smallest absolute Gasteiger partial charge is 0.423 e. The van der Waals surface area contributed by atoms with Crippen LogP contribution in [0.2, 0.25) is 0 Å². The predicted molar refractivity (Wildman–Crippen MR) is 135 cm³/mol. The molecule has 32 heavy (non-hydrogen) atoms. The van der Waals surface area contributed by atoms with Gasteiger partial charge in [-0.25, -0.2) is 0 Å². The number of nitrogens with two attached hydrogens (primary N) is 1. The van der Waals surface area contributed by atoms with E-state index in [1.54, 1.807) is 29.6 Å². The van der Waals surface area contributed by atoms with Crippen molar-refractivity contribution in [2.24, 2.45) is 5.73 Å². The zero-order valence-corrected chi connectivity index (χ0v) is 20.0. The predicted octanol–water partition coefficient (Wildman–Crippen LogP) is 2.51. The molecule has 4 rings (SSSR count). The molecule has 2 saturated heterocycles. The summed E-state index contributed by atoms with van der Waals surface area (Å²) >= 11 is 3.54. The van der Waals surface area contributed by atoms with Gasteiger partial charge in [-0.05, 0) is 53.6 Å². The average molecular weight is 470 g/mol. The number of hydrogen-bond donors (Lipinski definition) is 3. The maximum absolute atomic E-state index is 13.4. The van der Waals surface area contributed by atoms with Gasteiger partial charge in [-0.3, -0.25) is 4.79 Å². The Kier molecular flexibility index (Phi) is 7.89. The summed E-state index contributed by atoms with van der Waals surface area (Å²) in [7, 11) is -1.47. The van der Waals surface area contributed by atoms with Gasteiger partial charge in [-0.2, -0.15) is 11.8 Å². The Morgan fingerprint density at radius 2 is 1.88 bits per heavy atom. The molecule has 0 spiro atoms. The van der Waals surface area contributed by atoms with E-state index in [0.29, 0.717) is 17.9 Å². The minimum Gasteiger partial charge on any atom is -0.423 e. The zero-order valence-electron chi connectivity index (χ0n) is 18.4. The Bertz CT molecular complexity index is 937. The van der Waals surface area contributed by atoms with Crippen LogP contribution in [0.25, 0.3) is 0 Å². The van der Waals surface area contributed by atoms with Gasteiger partial charge in [0.1, 0.15) is 0 Å². The van der Waals surface area contributed by atoms with Gasteiger partial charge in [0.25, 0.3) is 0 Å². The Morgan fingerprint density at radius 1 is 1.16 bits per heavy atom. The largest absolute Gasteiger partial charge is 0.488 e. The highest BCUT2D eigenvalue weighted by Gasteiger charge is 2.41. The van der Waals surface area contributed by atoms with Gasteiger partial charge in [0.05, 0.1) is 9.83 Å². The fourth-order valence-corrected chi connectivity index (χ4v) is 7.70. The minimum absolute atomic E-state index is 0.0442. The highest BCUT2D eigenvalue weighted by atomic mass is 32.2. The van der Waals surface area contributed by atoms with E-state index in [0.717, 1.165) is 43.5 Å². The summed E-state index contributed by atoms with van der Waals surface area (Å²) in [4.78, 5) is 15.4. The van der Waals surface area contributed by atoms with E-state index in [1.807, 2.05) is 18.2 Å². The highest BCUT2D eigenvalue weighted by Crippen LogP contribution is 2.49. The first-order valence-electron chi connectivity index (χ1n) is 11.2. The van der Waals surface area contributed by atoms with Crippen molar-refractivity contribution in [1.29, 1.82) is 0 Å². The van der Waals surface area contributed by atoms with Crippen molar-refractivity contribution in [1.82, 2.24) is 4.90 Å². The molecule has 0 saturated carbocycles. The van der Waals surface area contributed by atoms with Crippen molar-refractivity contribution in [2.45, 2.75) is 47.5 Å². The molecule has 0 radical (unpaired) electrons. The van der Waals surface area contributed by atoms with E-state index < -0.39 is 7.12 Å². The molecule has 2 aromatic rings. The third-order valence-corrected chi connectivity index (χ3v) is 9.73. The first-order chi connectivity index (χ1) is 15.5. The molecule has 170 valence electrons. The molecular weight excluding hydrogens is 439 g/mol. The second-order valence-corrected chi connectivity index (χ2v) is 11.3. The summed E-state index contributed by atoms with van der Waals surface area (Å²) in [5.41, 5.74) is 9.88. The molecule has 2 fully saturated rings. The van der Waals surface area contributed by atoms with E-state index >= 15 is 0 Å². The van der Waals surface area contributed by atoms with Crippen LogP contribution in [0.1, 0.15) is 47.8 Å². The molecular formula is C24H31BN2O3S2. The summed E-state index contributed by atoms with van der Waals surface area (Å²) in [6.07, 6.45) is 4.85. The lowest BCUT2D eigenvalue weighted by Gasteiger charge is -2.33. The third kappa shape index (κ3) is 5.20. The highest BCUT2D eigenvalue weighted by molar-refractivity contribution is 8.17. The molecule has 3 unspecified atom stereocenters. The summed E-state index contributed by atoms with van der Waals surface area (Å²) in [6.45, 7) is 2.16. The van der Waals surface area contributed by atoms with Crippen LogP contribution in [0.4, 0.5) is 0 Å². The fraction of sp³-hybridized carbons (Fsp3) is 0.458. The van der Waals surface area contributed by atoms with Crippen molar-refractivity contribution in [3.05, 3.63) is 65.2 Å². The fourth-order valence-electron chi connectivity index (χ4n) is 4.89. The number of amides is 1. The molecule has 0 aliphatic carbocycles. The first-order valence-corrected chi connectivity index (χ1v) is 13.4. The summed E-state index contributed by atoms with van der Waals surface area (Å²) in [5, 5.41) is 19.0. The normalized spacial score (nSPS) is 24.0. The van der Waals surface area contributed by atoms with E-state index in [2.05, 4.69) is 35.4 Å². The number of likely N-dealkylation sites (tertiary alicyclic amines) is 1. The van der Waals surface area contributed by atoms with Crippen molar-refractivity contribution < 1.29 is 14.8 Å². The molecule has 3 atom stereocenters. The zero-order chi connectivity index (χ0) is 22.7. The summed E-state index contributed by atoms with van der Waals surface area (Å²) < 4.78 is 0.284. The second-order valence-electron chi connectivity index (χ2n) is 8.66. The molecule has 8 heteroatoms. The third-order valence-electron chi connectivity index (χ3n) is 6.70. The van der Waals surface area contributed by atoms with Crippen LogP contribution in [0, 0.1) is 0 Å². The average Bonchev–Trinajstić information content (AvgIpc) is 3.28. The van der Waals surface area contributed by atoms with Crippen molar-refractivity contribution in [2.75, 3.05) is 19.3 Å². The maximum Gasteiger partial charge on any atom is 0.488 e. The van der Waals surface area contributed by atoms with E-state index in [4.69, 9.17) is 5.73 Å². The van der Waals surface area contributed by atoms with Gasteiger partial charge in [-0.1, -0.05) is 48.5 Å². The molecule has 0 aromatic heterocycles. The van der Waals surface area contributed by atoms with Gasteiger partial charge in [0, 0.05) is 25.6 Å². The second kappa shape index (κ2) is 10.7. The number of hydrogen-bond acceptors (Lipinski definition) is 6. The van der Waals surface area contributed by atoms with Crippen LogP contribution in [-0.4, -0.2) is 57.2 Å². The van der Waals surface area contributed by atoms with Crippen LogP contribution in [0.15, 0.2) is 48.5 Å². The SMILES string of the molecule is CSC1SC(C(=O)N2CCC(c3cccc(CN)c3)CC2)CC1c1cccc(B(O)O)c1. The lowest BCUT2D eigenvalue weighted by atomic mass is 9.78. The topological polar surface area (TPSA) is 86.8 Å². The van der Waals surface area contributed by atoms with Gasteiger partial charge in [0.2, 0.25) is 5.91 Å². The van der Waals surface area contributed by atoms with E-state index in [-0.39, 0.29) is 21.7 Å². The Hall–Kier alpha value is -1.45. The molecule has 2 aromatic carbocycles. The number of benzene rings is 2. The molecule has 5 nitrogen and oxygen atoms in total. The molecule has 2 aliphatic heterocycles. The van der Waals surface area contributed by atoms with Gasteiger partial charge in [-0.15, -0.1) is 11.8 Å². The Balaban J connectivity index is 1.39. The Morgan fingerprint density at radius 3 is 2.56 bits per heavy atom. The molecule has 2 heterocycles. The van der Waals surface area contributed by atoms with Crippen molar-refractivity contribution >= 4 is 42.0 Å². The lowest BCUT2D eigenvalue weighted by Crippen LogP contribution is -2.42. The number of carbonyl (C=O) groups is 1. The van der Waals surface area contributed by atoms with Gasteiger partial charge >= 0.3 is 7.12 Å². The van der Waals surface area contributed by atoms with Crippen LogP contribution in [0.3, 0.4) is 0 Å². The number of piperidine rings is 1. The van der Waals surface area contributed by atoms with Gasteiger partial charge < -0.3 is 20.7 Å². The van der Waals surface area contributed by atoms with Crippen LogP contribution < -0.4 is 11.2 Å². The van der Waals surface area contributed by atoms with E-state index in [1.165, 1.54) is 5.56 Å². The number of thioether (sulfide) groups is 2. The number of rotatable bonds is 6. The summed E-state index contributed by atoms with van der Waals surface area (Å²) in [5.74, 6) is 0.962. The van der Waals surface area contributed by atoms with E-state index in [9.17, 15) is 14.8 Å². The minimum atomic E-state index is -1.47.